The summed E-state index contributed by atoms with van der Waals surface area (Å²) in [5.41, 5.74) is 12.4. The Balaban J connectivity index is 2.25. The Morgan fingerprint density at radius 1 is 1.35 bits per heavy atom. The number of likely N-dealkylation sites (N-methyl/N-ethyl adjacent to an activating group) is 1. The Hall–Kier alpha value is -1.45. The molecule has 0 atom stereocenters. The number of rotatable bonds is 2. The molecule has 2 heterocycles. The van der Waals surface area contributed by atoms with Gasteiger partial charge < -0.3 is 10.6 Å². The molecule has 0 fully saturated rings. The van der Waals surface area contributed by atoms with Crippen LogP contribution in [0.2, 0.25) is 0 Å². The molecule has 1 aliphatic rings. The minimum absolute atomic E-state index is 0.531. The SMILES string of the molecule is CC(C)c1ccc2nc3c(c(CN)c2c1)CN(C)CC3. The van der Waals surface area contributed by atoms with E-state index in [9.17, 15) is 0 Å². The maximum atomic E-state index is 6.07. The van der Waals surface area contributed by atoms with E-state index >= 15 is 0 Å². The lowest BCUT2D eigenvalue weighted by Crippen LogP contribution is -2.29. The molecule has 0 bridgehead atoms. The topological polar surface area (TPSA) is 42.1 Å². The van der Waals surface area contributed by atoms with Gasteiger partial charge in [-0.05, 0) is 41.8 Å². The summed E-state index contributed by atoms with van der Waals surface area (Å²) in [4.78, 5) is 7.23. The van der Waals surface area contributed by atoms with Crippen LogP contribution in [0, 0.1) is 0 Å². The molecule has 3 rings (SSSR count). The second-order valence-electron chi connectivity index (χ2n) is 6.14. The molecule has 2 N–H and O–H groups in total. The van der Waals surface area contributed by atoms with E-state index in [1.54, 1.807) is 0 Å². The third-order valence-corrected chi connectivity index (χ3v) is 4.34. The Labute approximate surface area is 120 Å². The summed E-state index contributed by atoms with van der Waals surface area (Å²) in [5, 5.41) is 1.24. The first-order valence-electron chi connectivity index (χ1n) is 7.43. The van der Waals surface area contributed by atoms with E-state index in [2.05, 4.69) is 44.0 Å². The monoisotopic (exact) mass is 269 g/mol. The molecular weight excluding hydrogens is 246 g/mol. The summed E-state index contributed by atoms with van der Waals surface area (Å²) in [7, 11) is 2.16. The number of hydrogen-bond donors (Lipinski definition) is 1. The molecule has 0 aliphatic carbocycles. The molecule has 2 aromatic rings. The number of pyridine rings is 1. The highest BCUT2D eigenvalue weighted by Gasteiger charge is 2.20. The average molecular weight is 269 g/mol. The summed E-state index contributed by atoms with van der Waals surface area (Å²) in [6.45, 7) is 7.10. The van der Waals surface area contributed by atoms with Crippen LogP contribution < -0.4 is 5.73 Å². The van der Waals surface area contributed by atoms with E-state index in [4.69, 9.17) is 10.7 Å². The van der Waals surface area contributed by atoms with Gasteiger partial charge in [-0.2, -0.15) is 0 Å². The summed E-state index contributed by atoms with van der Waals surface area (Å²) in [6, 6.07) is 6.63. The predicted molar refractivity (Wildman–Crippen MR) is 83.8 cm³/mol. The quantitative estimate of drug-likeness (QED) is 0.911. The van der Waals surface area contributed by atoms with Crippen LogP contribution in [0.4, 0.5) is 0 Å². The lowest BCUT2D eigenvalue weighted by molar-refractivity contribution is 0.309. The van der Waals surface area contributed by atoms with Crippen LogP contribution in [0.15, 0.2) is 18.2 Å². The van der Waals surface area contributed by atoms with Crippen LogP contribution in [0.5, 0.6) is 0 Å². The molecule has 1 aromatic carbocycles. The minimum atomic E-state index is 0.531. The van der Waals surface area contributed by atoms with Gasteiger partial charge in [0.25, 0.3) is 0 Å². The van der Waals surface area contributed by atoms with Crippen molar-refractivity contribution in [1.82, 2.24) is 9.88 Å². The third kappa shape index (κ3) is 2.21. The van der Waals surface area contributed by atoms with Gasteiger partial charge in [0.2, 0.25) is 0 Å². The lowest BCUT2D eigenvalue weighted by Gasteiger charge is -2.27. The van der Waals surface area contributed by atoms with Crippen LogP contribution in [-0.4, -0.2) is 23.5 Å². The molecule has 1 aliphatic heterocycles. The van der Waals surface area contributed by atoms with E-state index < -0.39 is 0 Å². The van der Waals surface area contributed by atoms with Crippen molar-refractivity contribution in [3.05, 3.63) is 40.6 Å². The standard InChI is InChI=1S/C17H23N3/c1-11(2)12-4-5-16-13(8-12)14(9-18)15-10-20(3)7-6-17(15)19-16/h4-5,8,11H,6-7,9-10,18H2,1-3H3. The summed E-state index contributed by atoms with van der Waals surface area (Å²) in [6.07, 6.45) is 1.03. The first-order chi connectivity index (χ1) is 9.60. The normalized spacial score (nSPS) is 15.8. The lowest BCUT2D eigenvalue weighted by atomic mass is 9.93. The molecule has 3 heteroatoms. The van der Waals surface area contributed by atoms with E-state index in [1.807, 2.05) is 0 Å². The zero-order chi connectivity index (χ0) is 14.3. The van der Waals surface area contributed by atoms with Crippen molar-refractivity contribution < 1.29 is 0 Å². The fraction of sp³-hybridized carbons (Fsp3) is 0.471. The Kier molecular flexibility index (Phi) is 3.48. The van der Waals surface area contributed by atoms with E-state index in [0.29, 0.717) is 12.5 Å². The largest absolute Gasteiger partial charge is 0.326 e. The fourth-order valence-electron chi connectivity index (χ4n) is 3.07. The third-order valence-electron chi connectivity index (χ3n) is 4.34. The smallest absolute Gasteiger partial charge is 0.0709 e. The molecule has 0 radical (unpaired) electrons. The van der Waals surface area contributed by atoms with Crippen molar-refractivity contribution in [3.8, 4) is 0 Å². The van der Waals surface area contributed by atoms with Crippen molar-refractivity contribution in [2.75, 3.05) is 13.6 Å². The summed E-state index contributed by atoms with van der Waals surface area (Å²) >= 11 is 0. The Bertz CT molecular complexity index is 646. The van der Waals surface area contributed by atoms with Crippen molar-refractivity contribution in [2.24, 2.45) is 5.73 Å². The molecule has 0 spiro atoms. The van der Waals surface area contributed by atoms with Gasteiger partial charge in [-0.25, -0.2) is 0 Å². The second kappa shape index (κ2) is 5.15. The van der Waals surface area contributed by atoms with Gasteiger partial charge in [-0.1, -0.05) is 19.9 Å². The molecule has 3 nitrogen and oxygen atoms in total. The van der Waals surface area contributed by atoms with Gasteiger partial charge in [0.1, 0.15) is 0 Å². The van der Waals surface area contributed by atoms with Gasteiger partial charge in [0.05, 0.1) is 5.52 Å². The summed E-state index contributed by atoms with van der Waals surface area (Å²) < 4.78 is 0. The van der Waals surface area contributed by atoms with Gasteiger partial charge >= 0.3 is 0 Å². The van der Waals surface area contributed by atoms with Crippen LogP contribution in [0.25, 0.3) is 10.9 Å². The average Bonchev–Trinajstić information content (AvgIpc) is 2.44. The minimum Gasteiger partial charge on any atom is -0.326 e. The molecule has 20 heavy (non-hydrogen) atoms. The van der Waals surface area contributed by atoms with E-state index in [1.165, 1.54) is 27.8 Å². The van der Waals surface area contributed by atoms with Crippen molar-refractivity contribution in [3.63, 3.8) is 0 Å². The first-order valence-corrected chi connectivity index (χ1v) is 7.43. The number of aromatic nitrogens is 1. The van der Waals surface area contributed by atoms with Crippen LogP contribution >= 0.6 is 0 Å². The Morgan fingerprint density at radius 2 is 2.15 bits per heavy atom. The van der Waals surface area contributed by atoms with E-state index in [-0.39, 0.29) is 0 Å². The highest BCUT2D eigenvalue weighted by Crippen LogP contribution is 2.29. The van der Waals surface area contributed by atoms with Gasteiger partial charge in [0.15, 0.2) is 0 Å². The van der Waals surface area contributed by atoms with Gasteiger partial charge in [-0.3, -0.25) is 4.98 Å². The van der Waals surface area contributed by atoms with Crippen molar-refractivity contribution >= 4 is 10.9 Å². The Morgan fingerprint density at radius 3 is 2.85 bits per heavy atom. The number of nitrogens with zero attached hydrogens (tertiary/aromatic N) is 2. The molecule has 106 valence electrons. The zero-order valence-electron chi connectivity index (χ0n) is 12.6. The molecule has 0 saturated heterocycles. The highest BCUT2D eigenvalue weighted by molar-refractivity contribution is 5.84. The fourth-order valence-corrected chi connectivity index (χ4v) is 3.07. The second-order valence-corrected chi connectivity index (χ2v) is 6.14. The summed E-state index contributed by atoms with van der Waals surface area (Å²) in [5.74, 6) is 0.531. The van der Waals surface area contributed by atoms with Crippen LogP contribution in [-0.2, 0) is 19.5 Å². The number of fused-ring (bicyclic) bond motifs is 2. The highest BCUT2D eigenvalue weighted by atomic mass is 15.1. The van der Waals surface area contributed by atoms with E-state index in [0.717, 1.165) is 25.0 Å². The maximum absolute atomic E-state index is 6.07. The van der Waals surface area contributed by atoms with Crippen molar-refractivity contribution in [2.45, 2.75) is 39.3 Å². The van der Waals surface area contributed by atoms with Gasteiger partial charge in [0, 0.05) is 37.1 Å². The van der Waals surface area contributed by atoms with Crippen LogP contribution in [0.3, 0.4) is 0 Å². The molecule has 0 saturated carbocycles. The molecule has 1 aromatic heterocycles. The van der Waals surface area contributed by atoms with Crippen LogP contribution in [0.1, 0.15) is 42.1 Å². The predicted octanol–water partition coefficient (Wildman–Crippen LogP) is 2.80. The maximum Gasteiger partial charge on any atom is 0.0709 e. The molecule has 0 amide bonds. The molecular formula is C17H23N3. The first kappa shape index (κ1) is 13.5. The van der Waals surface area contributed by atoms with Crippen molar-refractivity contribution in [1.29, 1.82) is 0 Å². The zero-order valence-corrected chi connectivity index (χ0v) is 12.6. The molecule has 0 unspecified atom stereocenters. The number of nitrogens with two attached hydrogens (primary N) is 1. The number of hydrogen-bond acceptors (Lipinski definition) is 3. The van der Waals surface area contributed by atoms with Gasteiger partial charge in [-0.15, -0.1) is 0 Å². The number of benzene rings is 1.